The van der Waals surface area contributed by atoms with Gasteiger partial charge in [-0.1, -0.05) is 24.3 Å². The molecule has 6 bridgehead atoms. The molecule has 9 nitrogen and oxygen atoms in total. The molecule has 1 aliphatic carbocycles. The molecule has 0 aromatic heterocycles. The van der Waals surface area contributed by atoms with Crippen molar-refractivity contribution in [1.29, 1.82) is 0 Å². The normalized spacial score (nSPS) is 20.5. The first-order chi connectivity index (χ1) is 25.4. The van der Waals surface area contributed by atoms with E-state index in [1.54, 1.807) is 14.2 Å². The lowest BCUT2D eigenvalue weighted by Crippen LogP contribution is -2.34. The molecule has 9 rings (SSSR count). The summed E-state index contributed by atoms with van der Waals surface area (Å²) in [7, 11) is 7.73. The Kier molecular flexibility index (Phi) is 10.0. The Hall–Kier alpha value is -4.28. The maximum absolute atomic E-state index is 11.0. The molecular weight excluding hydrogens is 654 g/mol. The summed E-state index contributed by atoms with van der Waals surface area (Å²) in [6, 6.07) is 23.4. The first kappa shape index (κ1) is 34.8. The largest absolute Gasteiger partial charge is 0.493 e. The number of likely N-dealkylation sites (N-methyl/N-ethyl adjacent to an activating group) is 2. The van der Waals surface area contributed by atoms with Gasteiger partial charge >= 0.3 is 0 Å². The number of hydrogen-bond acceptors (Lipinski definition) is 9. The van der Waals surface area contributed by atoms with E-state index in [9.17, 15) is 5.11 Å². The van der Waals surface area contributed by atoms with Crippen LogP contribution in [0.4, 0.5) is 0 Å². The number of methoxy groups -OCH3 is 2. The number of rotatable bonds is 9. The highest BCUT2D eigenvalue weighted by Crippen LogP contribution is 2.51. The second kappa shape index (κ2) is 15.0. The van der Waals surface area contributed by atoms with E-state index in [1.165, 1.54) is 35.1 Å². The van der Waals surface area contributed by atoms with Crippen molar-refractivity contribution in [1.82, 2.24) is 15.1 Å². The van der Waals surface area contributed by atoms with Crippen molar-refractivity contribution in [2.75, 3.05) is 61.1 Å². The zero-order valence-electron chi connectivity index (χ0n) is 30.8. The zero-order chi connectivity index (χ0) is 35.8. The summed E-state index contributed by atoms with van der Waals surface area (Å²) in [5, 5.41) is 14.4. The molecule has 1 saturated carbocycles. The van der Waals surface area contributed by atoms with Crippen molar-refractivity contribution in [2.45, 2.75) is 56.7 Å². The lowest BCUT2D eigenvalue weighted by Gasteiger charge is -2.37. The smallest absolute Gasteiger partial charge is 0.204 e. The third kappa shape index (κ3) is 7.33. The Morgan fingerprint density at radius 1 is 0.788 bits per heavy atom. The number of nitrogens with zero attached hydrogens (tertiary/aromatic N) is 2. The van der Waals surface area contributed by atoms with Gasteiger partial charge in [-0.15, -0.1) is 0 Å². The molecule has 1 unspecified atom stereocenters. The highest BCUT2D eigenvalue weighted by molar-refractivity contribution is 5.63. The number of aliphatic hydroxyl groups excluding tert-OH is 1. The fraction of sp³-hybridized carbons (Fsp3) is 0.442. The molecule has 52 heavy (non-hydrogen) atoms. The quantitative estimate of drug-likeness (QED) is 0.194. The number of fused-ring (bicyclic) bond motifs is 2. The number of benzene rings is 4. The van der Waals surface area contributed by atoms with E-state index in [0.717, 1.165) is 67.4 Å². The van der Waals surface area contributed by atoms with Crippen molar-refractivity contribution in [2.24, 2.45) is 5.92 Å². The van der Waals surface area contributed by atoms with Gasteiger partial charge in [-0.3, -0.25) is 9.80 Å². The van der Waals surface area contributed by atoms with Gasteiger partial charge in [0, 0.05) is 37.3 Å². The van der Waals surface area contributed by atoms with Crippen molar-refractivity contribution in [3.63, 3.8) is 0 Å². The summed E-state index contributed by atoms with van der Waals surface area (Å²) < 4.78 is 31.9. The Morgan fingerprint density at radius 3 is 2.27 bits per heavy atom. The Labute approximate surface area is 307 Å². The zero-order valence-corrected chi connectivity index (χ0v) is 30.8. The minimum Gasteiger partial charge on any atom is -0.493 e. The van der Waals surface area contributed by atoms with Gasteiger partial charge in [0.15, 0.2) is 23.0 Å². The van der Waals surface area contributed by atoms with Crippen LogP contribution in [-0.2, 0) is 25.7 Å². The molecule has 3 atom stereocenters. The van der Waals surface area contributed by atoms with Gasteiger partial charge in [-0.25, -0.2) is 0 Å². The first-order valence-corrected chi connectivity index (χ1v) is 18.8. The van der Waals surface area contributed by atoms with Crippen LogP contribution in [0.15, 0.2) is 66.7 Å². The molecule has 0 spiro atoms. The summed E-state index contributed by atoms with van der Waals surface area (Å²) in [5.41, 5.74) is 7.21. The summed E-state index contributed by atoms with van der Waals surface area (Å²) in [5.74, 6) is 5.39. The van der Waals surface area contributed by atoms with Crippen molar-refractivity contribution < 1.29 is 28.8 Å². The Bertz CT molecular complexity index is 1890. The van der Waals surface area contributed by atoms with E-state index in [2.05, 4.69) is 89.9 Å². The topological polar surface area (TPSA) is 84.9 Å². The number of aliphatic hydroxyl groups is 1. The van der Waals surface area contributed by atoms with E-state index in [-0.39, 0.29) is 18.7 Å². The van der Waals surface area contributed by atoms with Crippen molar-refractivity contribution in [3.05, 3.63) is 100 Å². The average Bonchev–Trinajstić information content (AvgIpc) is 3.98. The van der Waals surface area contributed by atoms with Crippen LogP contribution in [0.3, 0.4) is 0 Å². The highest BCUT2D eigenvalue weighted by Gasteiger charge is 2.34. The van der Waals surface area contributed by atoms with Gasteiger partial charge in [0.1, 0.15) is 24.2 Å². The van der Waals surface area contributed by atoms with Crippen LogP contribution in [0, 0.1) is 5.92 Å². The van der Waals surface area contributed by atoms with Gasteiger partial charge in [0.05, 0.1) is 14.2 Å². The van der Waals surface area contributed by atoms with E-state index in [1.807, 2.05) is 6.07 Å². The molecule has 274 valence electrons. The monoisotopic (exact) mass is 705 g/mol. The minimum atomic E-state index is -0.684. The predicted molar refractivity (Wildman–Crippen MR) is 202 cm³/mol. The molecule has 0 saturated heterocycles. The van der Waals surface area contributed by atoms with Crippen LogP contribution in [0.25, 0.3) is 0 Å². The molecule has 4 aliphatic heterocycles. The second-order valence-electron chi connectivity index (χ2n) is 15.0. The van der Waals surface area contributed by atoms with Gasteiger partial charge in [-0.2, -0.15) is 0 Å². The molecule has 4 aromatic rings. The molecule has 1 fully saturated rings. The van der Waals surface area contributed by atoms with E-state index in [4.69, 9.17) is 23.7 Å². The van der Waals surface area contributed by atoms with Gasteiger partial charge in [-0.05, 0) is 135 Å². The van der Waals surface area contributed by atoms with Gasteiger partial charge in [0.25, 0.3) is 0 Å². The summed E-state index contributed by atoms with van der Waals surface area (Å²) in [4.78, 5) is 4.83. The molecule has 5 aliphatic rings. The van der Waals surface area contributed by atoms with E-state index >= 15 is 0 Å². The molecular formula is C43H51N3O6. The fourth-order valence-corrected chi connectivity index (χ4v) is 8.03. The summed E-state index contributed by atoms with van der Waals surface area (Å²) in [6.45, 7) is 3.38. The summed E-state index contributed by atoms with van der Waals surface area (Å²) >= 11 is 0. The van der Waals surface area contributed by atoms with Crippen LogP contribution in [-0.4, -0.2) is 82.1 Å². The third-order valence-corrected chi connectivity index (χ3v) is 11.3. The molecule has 2 N–H and O–H groups in total. The Morgan fingerprint density at radius 2 is 1.50 bits per heavy atom. The number of ether oxygens (including phenoxy) is 5. The standard InChI is InChI=1S/C43H51N3O6/c1-45-17-15-30-10-13-34-23-35(30)36(45)19-27-7-11-33(12-8-27)51-39-21-29(9-14-38(39)48-3)20-37-41-31(16-18-46(37)2)22-40(49-4)42(43(41)52-34)50-26-32(47)25-44-24-28-5-6-28/h7-14,21-23,28,32,36-37,44,47H,5-6,15-20,24-26H2,1-4H3/t32?,36-,37-/m0/s1. The van der Waals surface area contributed by atoms with Gasteiger partial charge < -0.3 is 34.1 Å². The molecule has 9 heteroatoms. The van der Waals surface area contributed by atoms with Crippen molar-refractivity contribution in [3.8, 4) is 40.2 Å². The molecule has 4 heterocycles. The van der Waals surface area contributed by atoms with Crippen LogP contribution in [0.1, 0.15) is 58.3 Å². The SMILES string of the molecule is COc1ccc2cc1Oc1ccc(cc1)C[C@H]1c3cc(ccc3CCN1C)Oc1c(OCC(O)CNCC3CC3)c(OC)cc3c1[C@H](C2)N(C)CC3. The van der Waals surface area contributed by atoms with Gasteiger partial charge in [0.2, 0.25) is 5.75 Å². The van der Waals surface area contributed by atoms with Crippen LogP contribution < -0.4 is 29.0 Å². The summed E-state index contributed by atoms with van der Waals surface area (Å²) in [6.07, 6.45) is 5.23. The van der Waals surface area contributed by atoms with Crippen LogP contribution in [0.2, 0.25) is 0 Å². The number of hydrogen-bond donors (Lipinski definition) is 2. The number of nitrogens with one attached hydrogen (secondary N) is 1. The Balaban J connectivity index is 1.25. The second-order valence-corrected chi connectivity index (χ2v) is 15.0. The van der Waals surface area contributed by atoms with E-state index < -0.39 is 6.10 Å². The third-order valence-electron chi connectivity index (χ3n) is 11.3. The molecule has 4 aromatic carbocycles. The maximum atomic E-state index is 11.0. The van der Waals surface area contributed by atoms with Crippen molar-refractivity contribution >= 4 is 0 Å². The average molecular weight is 706 g/mol. The molecule has 0 amide bonds. The lowest BCUT2D eigenvalue weighted by molar-refractivity contribution is 0.102. The van der Waals surface area contributed by atoms with Crippen LogP contribution in [0.5, 0.6) is 40.2 Å². The maximum Gasteiger partial charge on any atom is 0.204 e. The molecule has 0 radical (unpaired) electrons. The predicted octanol–water partition coefficient (Wildman–Crippen LogP) is 6.88. The van der Waals surface area contributed by atoms with E-state index in [0.29, 0.717) is 41.7 Å². The first-order valence-electron chi connectivity index (χ1n) is 18.8. The highest BCUT2D eigenvalue weighted by atomic mass is 16.5. The fourth-order valence-electron chi connectivity index (χ4n) is 8.03. The van der Waals surface area contributed by atoms with Crippen LogP contribution >= 0.6 is 0 Å². The lowest BCUT2D eigenvalue weighted by atomic mass is 9.87. The minimum absolute atomic E-state index is 0.0342.